The fourth-order valence-electron chi connectivity index (χ4n) is 3.11. The number of hydrogen-bond donors (Lipinski definition) is 4. The molecule has 1 aliphatic heterocycles. The maximum Gasteiger partial charge on any atom is 0.220 e. The van der Waals surface area contributed by atoms with Crippen molar-refractivity contribution in [3.05, 3.63) is 60.4 Å². The Labute approximate surface area is 172 Å². The van der Waals surface area contributed by atoms with Crippen LogP contribution >= 0.6 is 0 Å². The summed E-state index contributed by atoms with van der Waals surface area (Å²) >= 11 is 0. The van der Waals surface area contributed by atoms with Crippen LogP contribution in [0.5, 0.6) is 11.5 Å². The Kier molecular flexibility index (Phi) is 4.78. The number of fused-ring (bicyclic) bond motifs is 1. The second-order valence-corrected chi connectivity index (χ2v) is 7.07. The van der Waals surface area contributed by atoms with Crippen molar-refractivity contribution in [2.75, 3.05) is 29.6 Å². The van der Waals surface area contributed by atoms with E-state index in [0.29, 0.717) is 24.1 Å². The summed E-state index contributed by atoms with van der Waals surface area (Å²) in [6.45, 7) is 2.15. The predicted molar refractivity (Wildman–Crippen MR) is 115 cm³/mol. The number of benzene rings is 2. The highest BCUT2D eigenvalue weighted by Gasteiger charge is 2.17. The van der Waals surface area contributed by atoms with Crippen LogP contribution in [0.15, 0.2) is 54.9 Å². The van der Waals surface area contributed by atoms with Gasteiger partial charge in [-0.2, -0.15) is 0 Å². The summed E-state index contributed by atoms with van der Waals surface area (Å²) in [5.74, 6) is 2.19. The highest BCUT2D eigenvalue weighted by atomic mass is 16.5. The Morgan fingerprint density at radius 2 is 1.87 bits per heavy atom. The predicted octanol–water partition coefficient (Wildman–Crippen LogP) is 3.15. The van der Waals surface area contributed by atoms with Crippen LogP contribution in [0.3, 0.4) is 0 Å². The van der Waals surface area contributed by atoms with Crippen LogP contribution in [-0.2, 0) is 11.3 Å². The van der Waals surface area contributed by atoms with Gasteiger partial charge in [0.2, 0.25) is 11.9 Å². The maximum atomic E-state index is 5.71. The van der Waals surface area contributed by atoms with Crippen molar-refractivity contribution in [2.24, 2.45) is 0 Å². The SMILES string of the molecule is Nc1ncc(Oc2ccc(CNc3nc4ccc(NC5COC5)cc4[nH]3)cc2)cn1. The third-order valence-corrected chi connectivity index (χ3v) is 4.76. The molecule has 3 heterocycles. The average molecular weight is 403 g/mol. The number of aromatic nitrogens is 4. The first-order valence-corrected chi connectivity index (χ1v) is 9.63. The van der Waals surface area contributed by atoms with Crippen molar-refractivity contribution >= 4 is 28.6 Å². The third-order valence-electron chi connectivity index (χ3n) is 4.76. The van der Waals surface area contributed by atoms with Crippen molar-refractivity contribution in [1.29, 1.82) is 0 Å². The largest absolute Gasteiger partial charge is 0.454 e. The number of rotatable bonds is 7. The molecule has 9 nitrogen and oxygen atoms in total. The summed E-state index contributed by atoms with van der Waals surface area (Å²) in [5, 5.41) is 6.77. The first-order chi connectivity index (χ1) is 14.7. The standard InChI is InChI=1S/C21H21N7O2/c22-20-23-9-17(10-24-20)30-16-4-1-13(2-5-16)8-25-21-27-18-6-3-14(7-19(18)28-21)26-15-11-29-12-15/h1-7,9-10,15,26H,8,11-12H2,(H2,22,23,24)(H2,25,27,28). The molecule has 0 radical (unpaired) electrons. The van der Waals surface area contributed by atoms with E-state index >= 15 is 0 Å². The second-order valence-electron chi connectivity index (χ2n) is 7.07. The highest BCUT2D eigenvalue weighted by Crippen LogP contribution is 2.23. The van der Waals surface area contributed by atoms with E-state index in [-0.39, 0.29) is 5.95 Å². The molecule has 0 amide bonds. The van der Waals surface area contributed by atoms with Gasteiger partial charge < -0.3 is 30.8 Å². The Morgan fingerprint density at radius 1 is 1.07 bits per heavy atom. The van der Waals surface area contributed by atoms with Gasteiger partial charge in [-0.05, 0) is 35.9 Å². The number of nitrogens with zero attached hydrogens (tertiary/aromatic N) is 3. The molecule has 4 aromatic rings. The van der Waals surface area contributed by atoms with E-state index in [1.165, 1.54) is 0 Å². The Balaban J connectivity index is 1.20. The van der Waals surface area contributed by atoms with Crippen LogP contribution in [0, 0.1) is 0 Å². The van der Waals surface area contributed by atoms with E-state index < -0.39 is 0 Å². The molecule has 0 atom stereocenters. The fourth-order valence-corrected chi connectivity index (χ4v) is 3.11. The van der Waals surface area contributed by atoms with Crippen LogP contribution < -0.4 is 21.1 Å². The van der Waals surface area contributed by atoms with Gasteiger partial charge in [0.1, 0.15) is 5.75 Å². The Hall–Kier alpha value is -3.85. The molecule has 2 aromatic heterocycles. The normalized spacial score (nSPS) is 13.7. The van der Waals surface area contributed by atoms with Crippen LogP contribution in [0.25, 0.3) is 11.0 Å². The van der Waals surface area contributed by atoms with Crippen molar-refractivity contribution in [2.45, 2.75) is 12.6 Å². The number of ether oxygens (including phenoxy) is 2. The van der Waals surface area contributed by atoms with Gasteiger partial charge in [-0.15, -0.1) is 0 Å². The number of nitrogens with two attached hydrogens (primary N) is 1. The maximum absolute atomic E-state index is 5.71. The monoisotopic (exact) mass is 403 g/mol. The number of aromatic amines is 1. The Morgan fingerprint density at radius 3 is 2.60 bits per heavy atom. The van der Waals surface area contributed by atoms with Crippen molar-refractivity contribution in [1.82, 2.24) is 19.9 Å². The molecule has 0 bridgehead atoms. The van der Waals surface area contributed by atoms with Gasteiger partial charge in [-0.3, -0.25) is 0 Å². The van der Waals surface area contributed by atoms with Crippen LogP contribution in [0.4, 0.5) is 17.6 Å². The zero-order valence-electron chi connectivity index (χ0n) is 16.1. The van der Waals surface area contributed by atoms with Gasteiger partial charge in [0.15, 0.2) is 5.75 Å². The molecule has 0 aliphatic carbocycles. The lowest BCUT2D eigenvalue weighted by Gasteiger charge is -2.27. The molecule has 0 spiro atoms. The summed E-state index contributed by atoms with van der Waals surface area (Å²) in [6, 6.07) is 14.3. The fraction of sp³-hybridized carbons (Fsp3) is 0.190. The Bertz CT molecular complexity index is 1140. The zero-order valence-corrected chi connectivity index (χ0v) is 16.1. The van der Waals surface area contributed by atoms with E-state index in [0.717, 1.165) is 41.4 Å². The number of anilines is 3. The zero-order chi connectivity index (χ0) is 20.3. The quantitative estimate of drug-likeness (QED) is 0.371. The number of nitrogen functional groups attached to an aromatic ring is 1. The second kappa shape index (κ2) is 7.88. The summed E-state index contributed by atoms with van der Waals surface area (Å²) in [6.07, 6.45) is 3.08. The lowest BCUT2D eigenvalue weighted by atomic mass is 10.2. The van der Waals surface area contributed by atoms with Gasteiger partial charge in [0.25, 0.3) is 0 Å². The van der Waals surface area contributed by atoms with E-state index in [1.807, 2.05) is 36.4 Å². The van der Waals surface area contributed by atoms with Gasteiger partial charge in [0.05, 0.1) is 42.7 Å². The highest BCUT2D eigenvalue weighted by molar-refractivity contribution is 5.81. The molecule has 2 aromatic carbocycles. The number of imidazole rings is 1. The first-order valence-electron chi connectivity index (χ1n) is 9.63. The molecule has 9 heteroatoms. The van der Waals surface area contributed by atoms with Gasteiger partial charge >= 0.3 is 0 Å². The summed E-state index contributed by atoms with van der Waals surface area (Å²) < 4.78 is 10.9. The molecule has 30 heavy (non-hydrogen) atoms. The van der Waals surface area contributed by atoms with Gasteiger partial charge in [-0.25, -0.2) is 15.0 Å². The molecular formula is C21H21N7O2. The molecule has 152 valence electrons. The smallest absolute Gasteiger partial charge is 0.220 e. The lowest BCUT2D eigenvalue weighted by molar-refractivity contribution is 0.0211. The molecule has 0 saturated carbocycles. The molecule has 1 aliphatic rings. The van der Waals surface area contributed by atoms with Gasteiger partial charge in [0, 0.05) is 12.2 Å². The van der Waals surface area contributed by atoms with Crippen molar-refractivity contribution in [3.8, 4) is 11.5 Å². The molecule has 5 rings (SSSR count). The van der Waals surface area contributed by atoms with E-state index in [9.17, 15) is 0 Å². The van der Waals surface area contributed by atoms with E-state index in [4.69, 9.17) is 15.2 Å². The van der Waals surface area contributed by atoms with Crippen LogP contribution in [0.2, 0.25) is 0 Å². The average Bonchev–Trinajstić information content (AvgIpc) is 3.14. The third kappa shape index (κ3) is 4.11. The van der Waals surface area contributed by atoms with Crippen LogP contribution in [-0.4, -0.2) is 39.2 Å². The van der Waals surface area contributed by atoms with Crippen molar-refractivity contribution in [3.63, 3.8) is 0 Å². The van der Waals surface area contributed by atoms with E-state index in [2.05, 4.69) is 36.6 Å². The van der Waals surface area contributed by atoms with Gasteiger partial charge in [-0.1, -0.05) is 12.1 Å². The summed E-state index contributed by atoms with van der Waals surface area (Å²) in [5.41, 5.74) is 9.55. The minimum atomic E-state index is 0.217. The van der Waals surface area contributed by atoms with Crippen LogP contribution in [0.1, 0.15) is 5.56 Å². The minimum absolute atomic E-state index is 0.217. The minimum Gasteiger partial charge on any atom is -0.454 e. The number of nitrogens with one attached hydrogen (secondary N) is 3. The van der Waals surface area contributed by atoms with Crippen molar-refractivity contribution < 1.29 is 9.47 Å². The molecule has 1 fully saturated rings. The number of H-pyrrole nitrogens is 1. The number of hydrogen-bond acceptors (Lipinski definition) is 8. The molecule has 5 N–H and O–H groups in total. The first kappa shape index (κ1) is 18.2. The van der Waals surface area contributed by atoms with E-state index in [1.54, 1.807) is 12.4 Å². The summed E-state index contributed by atoms with van der Waals surface area (Å²) in [7, 11) is 0. The molecule has 0 unspecified atom stereocenters. The molecule has 1 saturated heterocycles. The molecular weight excluding hydrogens is 382 g/mol. The lowest BCUT2D eigenvalue weighted by Crippen LogP contribution is -2.40. The topological polar surface area (TPSA) is 123 Å². The summed E-state index contributed by atoms with van der Waals surface area (Å²) in [4.78, 5) is 15.7.